The van der Waals surface area contributed by atoms with Gasteiger partial charge in [0.15, 0.2) is 5.84 Å². The van der Waals surface area contributed by atoms with Gasteiger partial charge in [-0.25, -0.2) is 0 Å². The van der Waals surface area contributed by atoms with Crippen LogP contribution in [-0.2, 0) is 11.3 Å². The molecule has 0 spiro atoms. The van der Waals surface area contributed by atoms with Crippen LogP contribution in [0, 0.1) is 0 Å². The van der Waals surface area contributed by atoms with Crippen molar-refractivity contribution in [2.24, 2.45) is 10.9 Å². The van der Waals surface area contributed by atoms with Gasteiger partial charge in [-0.05, 0) is 24.1 Å². The molecule has 1 aromatic carbocycles. The van der Waals surface area contributed by atoms with E-state index in [-0.39, 0.29) is 5.84 Å². The van der Waals surface area contributed by atoms with Crippen LogP contribution in [0.5, 0.6) is 5.75 Å². The zero-order valence-electron chi connectivity index (χ0n) is 12.2. The Kier molecular flexibility index (Phi) is 6.83. The van der Waals surface area contributed by atoms with Gasteiger partial charge in [0, 0.05) is 19.7 Å². The summed E-state index contributed by atoms with van der Waals surface area (Å²) in [6.45, 7) is 3.45. The van der Waals surface area contributed by atoms with Gasteiger partial charge in [0.1, 0.15) is 5.75 Å². The number of hydrogen-bond acceptors (Lipinski definition) is 5. The molecule has 0 saturated carbocycles. The van der Waals surface area contributed by atoms with Crippen LogP contribution in [0.25, 0.3) is 0 Å². The molecule has 0 aliphatic carbocycles. The van der Waals surface area contributed by atoms with Crippen molar-refractivity contribution in [1.29, 1.82) is 0 Å². The topological polar surface area (TPSA) is 89.1 Å². The monoisotopic (exact) mass is 281 g/mol. The number of oxime groups is 1. The van der Waals surface area contributed by atoms with Crippen LogP contribution in [0.15, 0.2) is 23.4 Å². The SMILES string of the molecule is CCC(COC)NCc1ccc(OC)c(C(N)=NO)c1. The third-order valence-corrected chi connectivity index (χ3v) is 3.10. The van der Waals surface area contributed by atoms with E-state index in [0.717, 1.165) is 12.0 Å². The highest BCUT2D eigenvalue weighted by molar-refractivity contribution is 5.99. The summed E-state index contributed by atoms with van der Waals surface area (Å²) < 4.78 is 10.3. The number of hydrogen-bond donors (Lipinski definition) is 3. The van der Waals surface area contributed by atoms with Crippen LogP contribution >= 0.6 is 0 Å². The minimum Gasteiger partial charge on any atom is -0.496 e. The highest BCUT2D eigenvalue weighted by atomic mass is 16.5. The lowest BCUT2D eigenvalue weighted by Gasteiger charge is -2.16. The smallest absolute Gasteiger partial charge is 0.173 e. The van der Waals surface area contributed by atoms with Gasteiger partial charge in [0.2, 0.25) is 0 Å². The van der Waals surface area contributed by atoms with E-state index in [2.05, 4.69) is 17.4 Å². The van der Waals surface area contributed by atoms with E-state index in [1.807, 2.05) is 18.2 Å². The summed E-state index contributed by atoms with van der Waals surface area (Å²) in [5.41, 5.74) is 7.26. The molecular formula is C14H23N3O3. The van der Waals surface area contributed by atoms with Crippen molar-refractivity contribution in [3.8, 4) is 5.75 Å². The maximum atomic E-state index is 8.80. The molecule has 4 N–H and O–H groups in total. The van der Waals surface area contributed by atoms with Crippen molar-refractivity contribution in [3.63, 3.8) is 0 Å². The summed E-state index contributed by atoms with van der Waals surface area (Å²) in [4.78, 5) is 0. The zero-order chi connectivity index (χ0) is 15.0. The third kappa shape index (κ3) is 4.40. The van der Waals surface area contributed by atoms with Crippen molar-refractivity contribution >= 4 is 5.84 Å². The Bertz CT molecular complexity index is 449. The second kappa shape index (κ2) is 8.39. The van der Waals surface area contributed by atoms with Gasteiger partial charge >= 0.3 is 0 Å². The fourth-order valence-corrected chi connectivity index (χ4v) is 1.90. The molecule has 1 atom stereocenters. The van der Waals surface area contributed by atoms with Gasteiger partial charge < -0.3 is 25.7 Å². The van der Waals surface area contributed by atoms with Gasteiger partial charge in [-0.3, -0.25) is 0 Å². The van der Waals surface area contributed by atoms with Crippen molar-refractivity contribution in [2.75, 3.05) is 20.8 Å². The second-order valence-corrected chi connectivity index (χ2v) is 4.46. The Labute approximate surface area is 119 Å². The molecule has 1 rings (SSSR count). The molecule has 0 amide bonds. The average Bonchev–Trinajstić information content (AvgIpc) is 2.50. The van der Waals surface area contributed by atoms with E-state index < -0.39 is 0 Å². The molecule has 1 aromatic rings. The molecule has 0 fully saturated rings. The maximum Gasteiger partial charge on any atom is 0.173 e. The third-order valence-electron chi connectivity index (χ3n) is 3.10. The lowest BCUT2D eigenvalue weighted by Crippen LogP contribution is -2.32. The minimum absolute atomic E-state index is 0.0348. The van der Waals surface area contributed by atoms with E-state index in [1.54, 1.807) is 14.2 Å². The molecule has 0 radical (unpaired) electrons. The fraction of sp³-hybridized carbons (Fsp3) is 0.500. The van der Waals surface area contributed by atoms with Crippen LogP contribution in [0.1, 0.15) is 24.5 Å². The Hall–Kier alpha value is -1.79. The lowest BCUT2D eigenvalue weighted by atomic mass is 10.1. The molecule has 0 aliphatic rings. The first-order chi connectivity index (χ1) is 9.65. The predicted octanol–water partition coefficient (Wildman–Crippen LogP) is 1.30. The molecule has 0 aromatic heterocycles. The van der Waals surface area contributed by atoms with Gasteiger partial charge in [0.25, 0.3) is 0 Å². The highest BCUT2D eigenvalue weighted by Crippen LogP contribution is 2.19. The normalized spacial score (nSPS) is 13.2. The van der Waals surface area contributed by atoms with Gasteiger partial charge in [-0.15, -0.1) is 0 Å². The lowest BCUT2D eigenvalue weighted by molar-refractivity contribution is 0.164. The van der Waals surface area contributed by atoms with E-state index in [1.165, 1.54) is 0 Å². The van der Waals surface area contributed by atoms with Gasteiger partial charge in [-0.1, -0.05) is 18.1 Å². The molecule has 0 bridgehead atoms. The second-order valence-electron chi connectivity index (χ2n) is 4.46. The fourth-order valence-electron chi connectivity index (χ4n) is 1.90. The molecular weight excluding hydrogens is 258 g/mol. The summed E-state index contributed by atoms with van der Waals surface area (Å²) in [7, 11) is 3.24. The van der Waals surface area contributed by atoms with Crippen LogP contribution < -0.4 is 15.8 Å². The predicted molar refractivity (Wildman–Crippen MR) is 78.3 cm³/mol. The average molecular weight is 281 g/mol. The number of ether oxygens (including phenoxy) is 2. The summed E-state index contributed by atoms with van der Waals surface area (Å²) in [5, 5.41) is 15.2. The number of nitrogens with two attached hydrogens (primary N) is 1. The van der Waals surface area contributed by atoms with E-state index in [4.69, 9.17) is 20.4 Å². The first-order valence-electron chi connectivity index (χ1n) is 6.53. The van der Waals surface area contributed by atoms with Gasteiger partial charge in [-0.2, -0.15) is 0 Å². The Balaban J connectivity index is 2.81. The Morgan fingerprint density at radius 1 is 1.45 bits per heavy atom. The van der Waals surface area contributed by atoms with Crippen molar-refractivity contribution in [1.82, 2.24) is 5.32 Å². The maximum absolute atomic E-state index is 8.80. The summed E-state index contributed by atoms with van der Waals surface area (Å²) in [6.07, 6.45) is 0.983. The molecule has 0 saturated heterocycles. The molecule has 1 unspecified atom stereocenters. The molecule has 20 heavy (non-hydrogen) atoms. The zero-order valence-corrected chi connectivity index (χ0v) is 12.2. The molecule has 112 valence electrons. The minimum atomic E-state index is 0.0348. The van der Waals surface area contributed by atoms with Crippen molar-refractivity contribution in [3.05, 3.63) is 29.3 Å². The molecule has 6 nitrogen and oxygen atoms in total. The number of nitrogens with one attached hydrogen (secondary N) is 1. The Morgan fingerprint density at radius 2 is 2.20 bits per heavy atom. The summed E-state index contributed by atoms with van der Waals surface area (Å²) >= 11 is 0. The number of nitrogens with zero attached hydrogens (tertiary/aromatic N) is 1. The summed E-state index contributed by atoms with van der Waals surface area (Å²) in [6, 6.07) is 5.90. The molecule has 6 heteroatoms. The number of rotatable bonds is 8. The quantitative estimate of drug-likeness (QED) is 0.289. The number of amidine groups is 1. The van der Waals surface area contributed by atoms with E-state index in [0.29, 0.717) is 30.5 Å². The molecule has 0 aliphatic heterocycles. The standard InChI is InChI=1S/C14H23N3O3/c1-4-11(9-19-2)16-8-10-5-6-13(20-3)12(7-10)14(15)17-18/h5-7,11,16,18H,4,8-9H2,1-3H3,(H2,15,17). The van der Waals surface area contributed by atoms with Gasteiger partial charge in [0.05, 0.1) is 19.3 Å². The largest absolute Gasteiger partial charge is 0.496 e. The van der Waals surface area contributed by atoms with Crippen molar-refractivity contribution in [2.45, 2.75) is 25.9 Å². The first kappa shape index (κ1) is 16.3. The van der Waals surface area contributed by atoms with Crippen LogP contribution in [0.4, 0.5) is 0 Å². The van der Waals surface area contributed by atoms with E-state index in [9.17, 15) is 0 Å². The van der Waals surface area contributed by atoms with Crippen LogP contribution in [0.2, 0.25) is 0 Å². The van der Waals surface area contributed by atoms with Crippen molar-refractivity contribution < 1.29 is 14.7 Å². The first-order valence-corrected chi connectivity index (χ1v) is 6.53. The van der Waals surface area contributed by atoms with Crippen LogP contribution in [-0.4, -0.2) is 37.9 Å². The Morgan fingerprint density at radius 3 is 2.75 bits per heavy atom. The number of methoxy groups -OCH3 is 2. The summed E-state index contributed by atoms with van der Waals surface area (Å²) in [5.74, 6) is 0.612. The van der Waals surface area contributed by atoms with E-state index >= 15 is 0 Å². The van der Waals surface area contributed by atoms with Crippen LogP contribution in [0.3, 0.4) is 0 Å². The highest BCUT2D eigenvalue weighted by Gasteiger charge is 2.10. The number of benzene rings is 1. The molecule has 0 heterocycles.